The van der Waals surface area contributed by atoms with E-state index in [1.807, 2.05) is 0 Å². The number of carboxylic acid groups (broad SMARTS) is 1. The molecule has 102 valence electrons. The van der Waals surface area contributed by atoms with Gasteiger partial charge in [0.15, 0.2) is 0 Å². The van der Waals surface area contributed by atoms with Crippen molar-refractivity contribution in [3.8, 4) is 0 Å². The number of aliphatic hydroxyl groups excluding tert-OH is 1. The minimum atomic E-state index is -2.24. The zero-order valence-corrected chi connectivity index (χ0v) is 11.0. The summed E-state index contributed by atoms with van der Waals surface area (Å²) in [5.41, 5.74) is -0.0230. The average molecular weight is 283 g/mol. The van der Waals surface area contributed by atoms with Crippen molar-refractivity contribution in [3.05, 3.63) is 47.7 Å². The van der Waals surface area contributed by atoms with Gasteiger partial charge in [-0.15, -0.1) is 0 Å². The maximum Gasteiger partial charge on any atom is 0.352 e. The van der Waals surface area contributed by atoms with Crippen LogP contribution in [0, 0.1) is 0 Å². The number of hydrogen-bond acceptors (Lipinski definition) is 4. The molecule has 1 unspecified atom stereocenters. The lowest BCUT2D eigenvalue weighted by molar-refractivity contribution is -0.133. The number of aliphatic hydroxyl groups is 1. The third kappa shape index (κ3) is 5.07. The van der Waals surface area contributed by atoms with E-state index in [4.69, 9.17) is 10.2 Å². The summed E-state index contributed by atoms with van der Waals surface area (Å²) >= 11 is 0. The molecule has 1 amide bonds. The van der Waals surface area contributed by atoms with E-state index in [-0.39, 0.29) is 11.9 Å². The second-order valence-electron chi connectivity index (χ2n) is 3.64. The standard InChI is InChI=1S/C12H14NO5P/c14-8-19(18)7-6-10(12(16)17)13-11(15)9-4-2-1-3-5-9/h1-6,14,19H,7-8H2,(H,13,15)(H,16,17)/b10-6+. The van der Waals surface area contributed by atoms with Gasteiger partial charge in [0.25, 0.3) is 5.91 Å². The van der Waals surface area contributed by atoms with Crippen molar-refractivity contribution in [2.24, 2.45) is 0 Å². The van der Waals surface area contributed by atoms with Crippen molar-refractivity contribution in [1.29, 1.82) is 0 Å². The van der Waals surface area contributed by atoms with Crippen molar-refractivity contribution < 1.29 is 24.4 Å². The number of carbonyl (C=O) groups is 2. The molecule has 0 fully saturated rings. The van der Waals surface area contributed by atoms with Gasteiger partial charge in [-0.1, -0.05) is 18.2 Å². The number of nitrogens with one attached hydrogen (secondary N) is 1. The van der Waals surface area contributed by atoms with Crippen LogP contribution in [0.3, 0.4) is 0 Å². The zero-order chi connectivity index (χ0) is 14.3. The second kappa shape index (κ2) is 7.51. The van der Waals surface area contributed by atoms with Crippen molar-refractivity contribution in [3.63, 3.8) is 0 Å². The Kier molecular flexibility index (Phi) is 5.99. The Labute approximate surface area is 110 Å². The molecule has 0 aliphatic carbocycles. The molecule has 0 spiro atoms. The fourth-order valence-corrected chi connectivity index (χ4v) is 1.82. The molecule has 7 heteroatoms. The summed E-state index contributed by atoms with van der Waals surface area (Å²) in [4.78, 5) is 22.7. The molecule has 0 aliphatic rings. The summed E-state index contributed by atoms with van der Waals surface area (Å²) in [6.07, 6.45) is 0.583. The van der Waals surface area contributed by atoms with Gasteiger partial charge in [-0.2, -0.15) is 0 Å². The first-order valence-electron chi connectivity index (χ1n) is 5.47. The smallest absolute Gasteiger partial charge is 0.352 e. The van der Waals surface area contributed by atoms with Crippen LogP contribution in [-0.4, -0.2) is 34.6 Å². The first-order valence-corrected chi connectivity index (χ1v) is 7.29. The van der Waals surface area contributed by atoms with E-state index in [9.17, 15) is 14.2 Å². The van der Waals surface area contributed by atoms with Crippen LogP contribution in [-0.2, 0) is 9.36 Å². The Morgan fingerprint density at radius 1 is 1.26 bits per heavy atom. The number of carbonyl (C=O) groups excluding carboxylic acids is 1. The van der Waals surface area contributed by atoms with E-state index >= 15 is 0 Å². The van der Waals surface area contributed by atoms with E-state index in [0.29, 0.717) is 5.56 Å². The van der Waals surface area contributed by atoms with Gasteiger partial charge in [-0.05, 0) is 18.2 Å². The molecule has 1 atom stereocenters. The Balaban J connectivity index is 2.77. The molecule has 1 aromatic carbocycles. The van der Waals surface area contributed by atoms with Crippen molar-refractivity contribution >= 4 is 19.7 Å². The second-order valence-corrected chi connectivity index (χ2v) is 5.45. The minimum Gasteiger partial charge on any atom is -0.477 e. The third-order valence-electron chi connectivity index (χ3n) is 2.22. The van der Waals surface area contributed by atoms with E-state index in [1.165, 1.54) is 0 Å². The summed E-state index contributed by atoms with van der Waals surface area (Å²) < 4.78 is 11.1. The van der Waals surface area contributed by atoms with Crippen LogP contribution in [0.2, 0.25) is 0 Å². The topological polar surface area (TPSA) is 104 Å². The Morgan fingerprint density at radius 3 is 2.42 bits per heavy atom. The van der Waals surface area contributed by atoms with Gasteiger partial charge in [-0.25, -0.2) is 4.79 Å². The lowest BCUT2D eigenvalue weighted by atomic mass is 10.2. The number of aliphatic carboxylic acids is 1. The van der Waals surface area contributed by atoms with Crippen molar-refractivity contribution in [2.75, 3.05) is 12.5 Å². The molecule has 0 heterocycles. The summed E-state index contributed by atoms with van der Waals surface area (Å²) in [5.74, 6) is -1.88. The van der Waals surface area contributed by atoms with Crippen LogP contribution < -0.4 is 5.32 Å². The lowest BCUT2D eigenvalue weighted by Crippen LogP contribution is -2.27. The van der Waals surface area contributed by atoms with Crippen LogP contribution in [0.1, 0.15) is 10.4 Å². The van der Waals surface area contributed by atoms with Gasteiger partial charge in [0.1, 0.15) is 13.5 Å². The monoisotopic (exact) mass is 283 g/mol. The maximum absolute atomic E-state index is 11.7. The molecule has 1 rings (SSSR count). The SMILES string of the molecule is O=C(O)/C(=C\C[PH](=O)CO)NC(=O)c1ccccc1. The maximum atomic E-state index is 11.7. The van der Waals surface area contributed by atoms with Crippen molar-refractivity contribution in [1.82, 2.24) is 5.32 Å². The highest BCUT2D eigenvalue weighted by molar-refractivity contribution is 7.44. The fraction of sp³-hybridized carbons (Fsp3) is 0.167. The normalized spacial score (nSPS) is 12.8. The highest BCUT2D eigenvalue weighted by Gasteiger charge is 2.13. The van der Waals surface area contributed by atoms with Crippen LogP contribution in [0.25, 0.3) is 0 Å². The highest BCUT2D eigenvalue weighted by Crippen LogP contribution is 2.18. The Morgan fingerprint density at radius 2 is 1.89 bits per heavy atom. The zero-order valence-electron chi connectivity index (χ0n) is 10.00. The molecule has 0 saturated carbocycles. The van der Waals surface area contributed by atoms with Crippen LogP contribution in [0.15, 0.2) is 42.1 Å². The number of amides is 1. The van der Waals surface area contributed by atoms with Crippen LogP contribution in [0.4, 0.5) is 0 Å². The predicted octanol–water partition coefficient (Wildman–Crippen LogP) is 0.894. The van der Waals surface area contributed by atoms with E-state index in [2.05, 4.69) is 5.32 Å². The number of allylic oxidation sites excluding steroid dienone is 1. The number of benzene rings is 1. The molecule has 0 radical (unpaired) electrons. The average Bonchev–Trinajstić information content (AvgIpc) is 2.43. The van der Waals surface area contributed by atoms with E-state index in [0.717, 1.165) is 6.08 Å². The van der Waals surface area contributed by atoms with Gasteiger partial charge in [0, 0.05) is 11.7 Å². The summed E-state index contributed by atoms with van der Waals surface area (Å²) in [6, 6.07) is 8.14. The van der Waals surface area contributed by atoms with Crippen LogP contribution in [0.5, 0.6) is 0 Å². The molecule has 3 N–H and O–H groups in total. The summed E-state index contributed by atoms with van der Waals surface area (Å²) in [6.45, 7) is 0. The number of rotatable bonds is 6. The van der Waals surface area contributed by atoms with Gasteiger partial charge in [0.05, 0.1) is 6.35 Å². The van der Waals surface area contributed by atoms with Crippen molar-refractivity contribution in [2.45, 2.75) is 0 Å². The minimum absolute atomic E-state index is 0.0716. The molecule has 0 aliphatic heterocycles. The van der Waals surface area contributed by atoms with Gasteiger partial charge < -0.3 is 20.1 Å². The quantitative estimate of drug-likeness (QED) is 0.531. The fourth-order valence-electron chi connectivity index (χ4n) is 1.26. The molecule has 19 heavy (non-hydrogen) atoms. The molecule has 0 bridgehead atoms. The molecule has 0 saturated heterocycles. The lowest BCUT2D eigenvalue weighted by Gasteiger charge is -2.05. The number of carboxylic acids is 1. The molecule has 1 aromatic rings. The summed E-state index contributed by atoms with van der Waals surface area (Å²) in [5, 5.41) is 19.8. The van der Waals surface area contributed by atoms with E-state index < -0.39 is 26.0 Å². The first-order chi connectivity index (χ1) is 9.04. The molecule has 6 nitrogen and oxygen atoms in total. The molecular weight excluding hydrogens is 269 g/mol. The largest absolute Gasteiger partial charge is 0.477 e. The molecular formula is C12H14NO5P. The van der Waals surface area contributed by atoms with E-state index in [1.54, 1.807) is 30.3 Å². The van der Waals surface area contributed by atoms with Gasteiger partial charge in [-0.3, -0.25) is 4.79 Å². The van der Waals surface area contributed by atoms with Gasteiger partial charge in [0.2, 0.25) is 0 Å². The third-order valence-corrected chi connectivity index (χ3v) is 3.24. The van der Waals surface area contributed by atoms with Crippen LogP contribution >= 0.6 is 7.80 Å². The predicted molar refractivity (Wildman–Crippen MR) is 70.6 cm³/mol. The summed E-state index contributed by atoms with van der Waals surface area (Å²) in [7, 11) is -2.24. The van der Waals surface area contributed by atoms with Gasteiger partial charge >= 0.3 is 5.97 Å². The Bertz CT molecular complexity index is 512. The Hall–Kier alpha value is -1.91. The molecule has 0 aromatic heterocycles. The first kappa shape index (κ1) is 15.1. The highest BCUT2D eigenvalue weighted by atomic mass is 31.1. The number of hydrogen-bond donors (Lipinski definition) is 3.